The van der Waals surface area contributed by atoms with Crippen molar-refractivity contribution in [2.75, 3.05) is 6.54 Å². The molecule has 1 aliphatic carbocycles. The molecule has 0 unspecified atom stereocenters. The van der Waals surface area contributed by atoms with E-state index in [1.807, 2.05) is 0 Å². The standard InChI is InChI=1S/C12H17N3O2/c13-6-8-2-1-3-15(8)12(17)11-7-4-9(14-11)10(16)5-7/h7-11,14,16H,1-5H2/t7-,8-,9+,10+,11-/m0/s1. The average molecular weight is 235 g/mol. The first-order valence-electron chi connectivity index (χ1n) is 6.35. The number of carbonyl (C=O) groups excluding carboxylic acids is 1. The van der Waals surface area contributed by atoms with Gasteiger partial charge in [0.25, 0.3) is 0 Å². The lowest BCUT2D eigenvalue weighted by Gasteiger charge is -2.30. The van der Waals surface area contributed by atoms with Crippen molar-refractivity contribution in [1.29, 1.82) is 5.26 Å². The number of aliphatic hydroxyl groups is 1. The summed E-state index contributed by atoms with van der Waals surface area (Å²) in [7, 11) is 0. The summed E-state index contributed by atoms with van der Waals surface area (Å²) in [5.41, 5.74) is 0. The molecule has 3 aliphatic rings. The van der Waals surface area contributed by atoms with E-state index in [-0.39, 0.29) is 36.1 Å². The van der Waals surface area contributed by atoms with Gasteiger partial charge in [0.05, 0.1) is 18.2 Å². The fourth-order valence-electron chi connectivity index (χ4n) is 3.49. The molecule has 2 bridgehead atoms. The number of nitrogens with one attached hydrogen (secondary N) is 1. The minimum atomic E-state index is -0.297. The van der Waals surface area contributed by atoms with Gasteiger partial charge in [-0.15, -0.1) is 0 Å². The molecule has 0 aromatic rings. The zero-order valence-corrected chi connectivity index (χ0v) is 9.67. The second kappa shape index (κ2) is 3.97. The summed E-state index contributed by atoms with van der Waals surface area (Å²) in [6.07, 6.45) is 3.04. The number of piperidine rings is 1. The van der Waals surface area contributed by atoms with Gasteiger partial charge in [0.15, 0.2) is 0 Å². The molecule has 17 heavy (non-hydrogen) atoms. The summed E-state index contributed by atoms with van der Waals surface area (Å²) in [6, 6.07) is 1.87. The quantitative estimate of drug-likeness (QED) is 0.649. The Labute approximate surface area is 100 Å². The van der Waals surface area contributed by atoms with Crippen molar-refractivity contribution in [2.24, 2.45) is 5.92 Å². The minimum absolute atomic E-state index is 0.0634. The molecule has 5 heteroatoms. The molecule has 5 nitrogen and oxygen atoms in total. The molecule has 92 valence electrons. The van der Waals surface area contributed by atoms with Crippen LogP contribution in [0, 0.1) is 17.2 Å². The summed E-state index contributed by atoms with van der Waals surface area (Å²) in [6.45, 7) is 0.704. The molecule has 1 amide bonds. The number of carbonyl (C=O) groups is 1. The van der Waals surface area contributed by atoms with Crippen molar-refractivity contribution >= 4 is 5.91 Å². The maximum Gasteiger partial charge on any atom is 0.241 e. The predicted octanol–water partition coefficient (Wildman–Crippen LogP) is -0.388. The molecule has 5 atom stereocenters. The number of nitriles is 1. The van der Waals surface area contributed by atoms with Gasteiger partial charge < -0.3 is 15.3 Å². The van der Waals surface area contributed by atoms with Crippen molar-refractivity contribution in [3.8, 4) is 6.07 Å². The van der Waals surface area contributed by atoms with Crippen LogP contribution >= 0.6 is 0 Å². The third-order valence-corrected chi connectivity index (χ3v) is 4.38. The van der Waals surface area contributed by atoms with Crippen molar-refractivity contribution < 1.29 is 9.90 Å². The van der Waals surface area contributed by atoms with Gasteiger partial charge in [0.1, 0.15) is 6.04 Å². The van der Waals surface area contributed by atoms with Crippen LogP contribution in [0.15, 0.2) is 0 Å². The van der Waals surface area contributed by atoms with E-state index in [1.54, 1.807) is 4.90 Å². The van der Waals surface area contributed by atoms with Crippen molar-refractivity contribution in [3.05, 3.63) is 0 Å². The molecule has 3 rings (SSSR count). The largest absolute Gasteiger partial charge is 0.391 e. The molecule has 1 saturated carbocycles. The second-order valence-electron chi connectivity index (χ2n) is 5.37. The molecule has 0 aromatic carbocycles. The number of hydrogen-bond acceptors (Lipinski definition) is 4. The first-order valence-corrected chi connectivity index (χ1v) is 6.35. The third-order valence-electron chi connectivity index (χ3n) is 4.38. The summed E-state index contributed by atoms with van der Waals surface area (Å²) in [4.78, 5) is 14.1. The minimum Gasteiger partial charge on any atom is -0.391 e. The first-order chi connectivity index (χ1) is 8.20. The molecule has 2 heterocycles. The Bertz CT molecular complexity index is 376. The molecule has 0 spiro atoms. The van der Waals surface area contributed by atoms with E-state index in [9.17, 15) is 9.90 Å². The fourth-order valence-corrected chi connectivity index (χ4v) is 3.49. The maximum atomic E-state index is 12.3. The van der Waals surface area contributed by atoms with E-state index in [1.165, 1.54) is 0 Å². The van der Waals surface area contributed by atoms with Crippen LogP contribution in [0.25, 0.3) is 0 Å². The second-order valence-corrected chi connectivity index (χ2v) is 5.37. The van der Waals surface area contributed by atoms with Gasteiger partial charge in [-0.2, -0.15) is 5.26 Å². The van der Waals surface area contributed by atoms with E-state index in [0.29, 0.717) is 6.54 Å². The lowest BCUT2D eigenvalue weighted by molar-refractivity contribution is -0.134. The lowest BCUT2D eigenvalue weighted by atomic mass is 9.97. The summed E-state index contributed by atoms with van der Waals surface area (Å²) < 4.78 is 0. The van der Waals surface area contributed by atoms with Crippen molar-refractivity contribution in [3.63, 3.8) is 0 Å². The topological polar surface area (TPSA) is 76.4 Å². The molecule has 2 saturated heterocycles. The average Bonchev–Trinajstić information content (AvgIpc) is 3.01. The summed E-state index contributed by atoms with van der Waals surface area (Å²) in [5.74, 6) is 0.316. The highest BCUT2D eigenvalue weighted by molar-refractivity contribution is 5.83. The van der Waals surface area contributed by atoms with Crippen molar-refractivity contribution in [2.45, 2.75) is 49.9 Å². The van der Waals surface area contributed by atoms with Gasteiger partial charge in [-0.25, -0.2) is 0 Å². The summed E-state index contributed by atoms with van der Waals surface area (Å²) in [5, 5.41) is 21.9. The number of likely N-dealkylation sites (tertiary alicyclic amines) is 1. The number of fused-ring (bicyclic) bond motifs is 2. The van der Waals surface area contributed by atoms with Gasteiger partial charge in [0, 0.05) is 12.6 Å². The first kappa shape index (κ1) is 11.0. The lowest BCUT2D eigenvalue weighted by Crippen LogP contribution is -2.53. The van der Waals surface area contributed by atoms with E-state index < -0.39 is 0 Å². The highest BCUT2D eigenvalue weighted by Gasteiger charge is 2.49. The third kappa shape index (κ3) is 1.63. The fraction of sp³-hybridized carbons (Fsp3) is 0.833. The Hall–Kier alpha value is -1.12. The number of rotatable bonds is 1. The van der Waals surface area contributed by atoms with Gasteiger partial charge >= 0.3 is 0 Å². The van der Waals surface area contributed by atoms with Crippen molar-refractivity contribution in [1.82, 2.24) is 10.2 Å². The number of aliphatic hydroxyl groups excluding tert-OH is 1. The Balaban J connectivity index is 1.70. The number of nitrogens with zero attached hydrogens (tertiary/aromatic N) is 2. The highest BCUT2D eigenvalue weighted by Crippen LogP contribution is 2.37. The Kier molecular flexibility index (Phi) is 2.57. The summed E-state index contributed by atoms with van der Waals surface area (Å²) >= 11 is 0. The van der Waals surface area contributed by atoms with Crippen LogP contribution in [-0.4, -0.2) is 46.7 Å². The van der Waals surface area contributed by atoms with Crippen LogP contribution in [0.4, 0.5) is 0 Å². The van der Waals surface area contributed by atoms with E-state index in [2.05, 4.69) is 11.4 Å². The van der Waals surface area contributed by atoms with Gasteiger partial charge in [-0.05, 0) is 31.6 Å². The SMILES string of the molecule is N#C[C@@H]1CCCN1C(=O)[C@H]1N[C@@H]2C[C@H]1C[C@H]2O. The van der Waals surface area contributed by atoms with Crippen LogP contribution in [0.1, 0.15) is 25.7 Å². The monoisotopic (exact) mass is 235 g/mol. The number of amides is 1. The van der Waals surface area contributed by atoms with Gasteiger partial charge in [-0.1, -0.05) is 0 Å². The zero-order valence-electron chi connectivity index (χ0n) is 9.67. The smallest absolute Gasteiger partial charge is 0.241 e. The molecule has 2 aliphatic heterocycles. The van der Waals surface area contributed by atoms with Crippen LogP contribution in [0.3, 0.4) is 0 Å². The van der Waals surface area contributed by atoms with Crippen LogP contribution in [-0.2, 0) is 4.79 Å². The van der Waals surface area contributed by atoms with Crippen LogP contribution in [0.5, 0.6) is 0 Å². The number of hydrogen-bond donors (Lipinski definition) is 2. The zero-order chi connectivity index (χ0) is 12.0. The Morgan fingerprint density at radius 2 is 2.29 bits per heavy atom. The van der Waals surface area contributed by atoms with Gasteiger partial charge in [0.2, 0.25) is 5.91 Å². The normalized spacial score (nSPS) is 44.0. The molecule has 3 fully saturated rings. The van der Waals surface area contributed by atoms with Gasteiger partial charge in [-0.3, -0.25) is 4.79 Å². The molecule has 0 radical (unpaired) electrons. The highest BCUT2D eigenvalue weighted by atomic mass is 16.3. The maximum absolute atomic E-state index is 12.3. The Morgan fingerprint density at radius 1 is 1.47 bits per heavy atom. The molecular weight excluding hydrogens is 218 g/mol. The van der Waals surface area contributed by atoms with Crippen LogP contribution < -0.4 is 5.32 Å². The predicted molar refractivity (Wildman–Crippen MR) is 59.8 cm³/mol. The molecular formula is C12H17N3O2. The van der Waals surface area contributed by atoms with E-state index in [4.69, 9.17) is 5.26 Å². The Morgan fingerprint density at radius 3 is 2.88 bits per heavy atom. The van der Waals surface area contributed by atoms with Crippen LogP contribution in [0.2, 0.25) is 0 Å². The molecule has 0 aromatic heterocycles. The molecule has 2 N–H and O–H groups in total. The van der Waals surface area contributed by atoms with E-state index in [0.717, 1.165) is 25.7 Å². The van der Waals surface area contributed by atoms with E-state index >= 15 is 0 Å².